The van der Waals surface area contributed by atoms with Crippen LogP contribution in [0.5, 0.6) is 0 Å². The molecule has 0 aliphatic rings. The Morgan fingerprint density at radius 1 is 1.38 bits per heavy atom. The van der Waals surface area contributed by atoms with Crippen LogP contribution in [0.1, 0.15) is 31.9 Å². The zero-order valence-corrected chi connectivity index (χ0v) is 11.7. The lowest BCUT2D eigenvalue weighted by atomic mass is 9.84. The van der Waals surface area contributed by atoms with Gasteiger partial charge in [0.2, 0.25) is 0 Å². The maximum absolute atomic E-state index is 5.76. The van der Waals surface area contributed by atoms with E-state index in [4.69, 9.17) is 5.73 Å². The van der Waals surface area contributed by atoms with Crippen molar-refractivity contribution >= 4 is 39.3 Å². The number of fused-ring (bicyclic) bond motifs is 1. The fraction of sp³-hybridized carbons (Fsp3) is 0.417. The molecule has 16 heavy (non-hydrogen) atoms. The lowest BCUT2D eigenvalue weighted by molar-refractivity contribution is 0.586. The molecular weight excluding hydrogens is 236 g/mol. The molecule has 0 atom stereocenters. The molecule has 1 heterocycles. The maximum Gasteiger partial charge on any atom is 0.181 e. The third kappa shape index (κ3) is 1.80. The van der Waals surface area contributed by atoms with E-state index in [1.165, 1.54) is 11.1 Å². The minimum absolute atomic E-state index is 0.120. The third-order valence-electron chi connectivity index (χ3n) is 2.72. The first-order valence-electron chi connectivity index (χ1n) is 5.20. The van der Waals surface area contributed by atoms with Crippen molar-refractivity contribution in [1.29, 1.82) is 0 Å². The second-order valence-electron chi connectivity index (χ2n) is 5.05. The van der Waals surface area contributed by atoms with Crippen LogP contribution in [0.4, 0.5) is 5.13 Å². The summed E-state index contributed by atoms with van der Waals surface area (Å²) in [6.07, 6.45) is 0. The summed E-state index contributed by atoms with van der Waals surface area (Å²) in [5.74, 6) is 0. The predicted octanol–water partition coefficient (Wildman–Crippen LogP) is 3.77. The molecule has 0 aliphatic heterocycles. The zero-order chi connectivity index (χ0) is 12.1. The molecule has 2 nitrogen and oxygen atoms in total. The Morgan fingerprint density at radius 2 is 2.00 bits per heavy atom. The Kier molecular flexibility index (Phi) is 2.67. The average Bonchev–Trinajstić information content (AvgIpc) is 2.52. The Bertz CT molecular complexity index is 550. The van der Waals surface area contributed by atoms with E-state index in [9.17, 15) is 0 Å². The summed E-state index contributed by atoms with van der Waals surface area (Å²) in [6.45, 7) is 8.75. The number of benzene rings is 1. The number of thiol groups is 1. The van der Waals surface area contributed by atoms with Gasteiger partial charge in [0.05, 0.1) is 10.2 Å². The summed E-state index contributed by atoms with van der Waals surface area (Å²) in [6, 6.07) is 2.11. The van der Waals surface area contributed by atoms with Crippen LogP contribution >= 0.6 is 24.0 Å². The minimum atomic E-state index is 0.120. The first kappa shape index (κ1) is 11.7. The van der Waals surface area contributed by atoms with Gasteiger partial charge in [-0.3, -0.25) is 0 Å². The van der Waals surface area contributed by atoms with Crippen molar-refractivity contribution in [2.75, 3.05) is 5.73 Å². The van der Waals surface area contributed by atoms with Gasteiger partial charge in [-0.25, -0.2) is 4.98 Å². The lowest BCUT2D eigenvalue weighted by Crippen LogP contribution is -2.13. The second kappa shape index (κ2) is 3.64. The summed E-state index contributed by atoms with van der Waals surface area (Å²) in [7, 11) is 0. The number of hydrogen-bond donors (Lipinski definition) is 2. The van der Waals surface area contributed by atoms with Gasteiger partial charge in [0.1, 0.15) is 0 Å². The molecule has 1 aromatic heterocycles. The molecule has 0 saturated heterocycles. The smallest absolute Gasteiger partial charge is 0.181 e. The molecule has 0 fully saturated rings. The number of nitrogen functional groups attached to an aromatic ring is 1. The summed E-state index contributed by atoms with van der Waals surface area (Å²) in [4.78, 5) is 5.23. The largest absolute Gasteiger partial charge is 0.375 e. The normalized spacial score (nSPS) is 12.3. The van der Waals surface area contributed by atoms with E-state index < -0.39 is 0 Å². The fourth-order valence-corrected chi connectivity index (χ4v) is 3.21. The van der Waals surface area contributed by atoms with Gasteiger partial charge in [-0.05, 0) is 29.5 Å². The van der Waals surface area contributed by atoms with Crippen LogP contribution in [0, 0.1) is 6.92 Å². The minimum Gasteiger partial charge on any atom is -0.375 e. The lowest BCUT2D eigenvalue weighted by Gasteiger charge is -2.22. The average molecular weight is 252 g/mol. The van der Waals surface area contributed by atoms with Crippen LogP contribution in [-0.2, 0) is 5.41 Å². The first-order valence-corrected chi connectivity index (χ1v) is 6.46. The van der Waals surface area contributed by atoms with Crippen molar-refractivity contribution in [1.82, 2.24) is 4.98 Å². The number of nitrogens with two attached hydrogens (primary N) is 1. The number of rotatable bonds is 0. The van der Waals surface area contributed by atoms with Crippen LogP contribution < -0.4 is 5.73 Å². The molecule has 0 spiro atoms. The third-order valence-corrected chi connectivity index (χ3v) is 4.06. The molecule has 0 amide bonds. The molecule has 1 aromatic carbocycles. The van der Waals surface area contributed by atoms with Crippen LogP contribution in [0.2, 0.25) is 0 Å². The van der Waals surface area contributed by atoms with Crippen molar-refractivity contribution in [2.24, 2.45) is 0 Å². The van der Waals surface area contributed by atoms with Gasteiger partial charge in [-0.1, -0.05) is 32.1 Å². The molecule has 0 radical (unpaired) electrons. The Balaban J connectivity index is 2.85. The first-order chi connectivity index (χ1) is 7.30. The van der Waals surface area contributed by atoms with E-state index in [0.717, 1.165) is 15.1 Å². The van der Waals surface area contributed by atoms with Crippen molar-refractivity contribution in [3.05, 3.63) is 17.2 Å². The SMILES string of the molecule is Cc1c(C(C)(C)C)cc(S)c2nc(N)sc12. The molecule has 4 heteroatoms. The topological polar surface area (TPSA) is 38.9 Å². The van der Waals surface area contributed by atoms with Crippen LogP contribution in [-0.4, -0.2) is 4.98 Å². The summed E-state index contributed by atoms with van der Waals surface area (Å²) >= 11 is 6.04. The van der Waals surface area contributed by atoms with Gasteiger partial charge in [-0.2, -0.15) is 0 Å². The molecule has 86 valence electrons. The van der Waals surface area contributed by atoms with Crippen molar-refractivity contribution in [3.8, 4) is 0 Å². The highest BCUT2D eigenvalue weighted by molar-refractivity contribution is 7.80. The van der Waals surface area contributed by atoms with E-state index in [1.807, 2.05) is 0 Å². The van der Waals surface area contributed by atoms with Gasteiger partial charge in [0.25, 0.3) is 0 Å². The molecule has 2 N–H and O–H groups in total. The summed E-state index contributed by atoms with van der Waals surface area (Å²) in [5, 5.41) is 0.611. The monoisotopic (exact) mass is 252 g/mol. The number of aromatic nitrogens is 1. The molecule has 2 rings (SSSR count). The molecule has 0 aliphatic carbocycles. The predicted molar refractivity (Wildman–Crippen MR) is 74.7 cm³/mol. The van der Waals surface area contributed by atoms with E-state index >= 15 is 0 Å². The molecular formula is C12H16N2S2. The Labute approximate surface area is 105 Å². The second-order valence-corrected chi connectivity index (χ2v) is 6.56. The number of aryl methyl sites for hydroxylation is 1. The highest BCUT2D eigenvalue weighted by Gasteiger charge is 2.20. The fourth-order valence-electron chi connectivity index (χ4n) is 1.98. The quantitative estimate of drug-likeness (QED) is 0.700. The zero-order valence-electron chi connectivity index (χ0n) is 9.96. The molecule has 0 unspecified atom stereocenters. The van der Waals surface area contributed by atoms with Gasteiger partial charge >= 0.3 is 0 Å². The van der Waals surface area contributed by atoms with Gasteiger partial charge in [0.15, 0.2) is 5.13 Å². The number of anilines is 1. The van der Waals surface area contributed by atoms with Crippen molar-refractivity contribution in [2.45, 2.75) is 38.0 Å². The van der Waals surface area contributed by atoms with E-state index in [-0.39, 0.29) is 5.41 Å². The number of nitrogens with zero attached hydrogens (tertiary/aromatic N) is 1. The van der Waals surface area contributed by atoms with E-state index in [1.54, 1.807) is 11.3 Å². The van der Waals surface area contributed by atoms with E-state index in [0.29, 0.717) is 5.13 Å². The Morgan fingerprint density at radius 3 is 2.56 bits per heavy atom. The summed E-state index contributed by atoms with van der Waals surface area (Å²) in [5.41, 5.74) is 9.39. The van der Waals surface area contributed by atoms with Crippen LogP contribution in [0.25, 0.3) is 10.2 Å². The maximum atomic E-state index is 5.76. The van der Waals surface area contributed by atoms with Gasteiger partial charge in [-0.15, -0.1) is 12.6 Å². The molecule has 0 bridgehead atoms. The van der Waals surface area contributed by atoms with Crippen molar-refractivity contribution in [3.63, 3.8) is 0 Å². The van der Waals surface area contributed by atoms with Gasteiger partial charge < -0.3 is 5.73 Å². The van der Waals surface area contributed by atoms with E-state index in [2.05, 4.69) is 51.4 Å². The number of hydrogen-bond acceptors (Lipinski definition) is 4. The van der Waals surface area contributed by atoms with Gasteiger partial charge in [0, 0.05) is 4.90 Å². The summed E-state index contributed by atoms with van der Waals surface area (Å²) < 4.78 is 1.16. The van der Waals surface area contributed by atoms with Crippen LogP contribution in [0.15, 0.2) is 11.0 Å². The molecule has 2 aromatic rings. The molecule has 0 saturated carbocycles. The standard InChI is InChI=1S/C12H16N2S2/c1-6-7(12(2,3)4)5-8(15)9-10(6)16-11(13)14-9/h5,15H,1-4H3,(H2,13,14). The van der Waals surface area contributed by atoms with Crippen molar-refractivity contribution < 1.29 is 0 Å². The van der Waals surface area contributed by atoms with Crippen LogP contribution in [0.3, 0.4) is 0 Å². The number of thiazole rings is 1. The Hall–Kier alpha value is -0.740. The highest BCUT2D eigenvalue weighted by atomic mass is 32.1. The highest BCUT2D eigenvalue weighted by Crippen LogP contribution is 2.37.